The Bertz CT molecular complexity index is 2460. The number of aromatic nitrogens is 5. The summed E-state index contributed by atoms with van der Waals surface area (Å²) >= 11 is 0. The van der Waals surface area contributed by atoms with Crippen molar-refractivity contribution in [2.75, 3.05) is 4.90 Å². The second kappa shape index (κ2) is 13.2. The van der Waals surface area contributed by atoms with Crippen LogP contribution in [0.5, 0.6) is 0 Å². The van der Waals surface area contributed by atoms with Crippen molar-refractivity contribution >= 4 is 45.1 Å². The first kappa shape index (κ1) is 39.6. The lowest BCUT2D eigenvalue weighted by molar-refractivity contribution is 0.404. The molecule has 0 fully saturated rings. The number of dihydropyridines is 1. The van der Waals surface area contributed by atoms with Gasteiger partial charge < -0.3 is 5.32 Å². The van der Waals surface area contributed by atoms with Crippen molar-refractivity contribution in [3.8, 4) is 0 Å². The van der Waals surface area contributed by atoms with Gasteiger partial charge in [-0.1, -0.05) is 107 Å². The van der Waals surface area contributed by atoms with Crippen molar-refractivity contribution in [3.05, 3.63) is 99.5 Å². The Morgan fingerprint density at radius 2 is 1.32 bits per heavy atom. The first-order chi connectivity index (χ1) is 25.8. The molecular formula is C49H65N7. The molecule has 0 saturated heterocycles. The highest BCUT2D eigenvalue weighted by molar-refractivity contribution is 5.95. The largest absolute Gasteiger partial charge is 0.377 e. The molecule has 0 saturated carbocycles. The van der Waals surface area contributed by atoms with Gasteiger partial charge in [0.1, 0.15) is 11.5 Å². The van der Waals surface area contributed by atoms with E-state index in [0.29, 0.717) is 0 Å². The Morgan fingerprint density at radius 1 is 0.696 bits per heavy atom. The summed E-state index contributed by atoms with van der Waals surface area (Å²) in [4.78, 5) is 19.0. The predicted molar refractivity (Wildman–Crippen MR) is 237 cm³/mol. The Morgan fingerprint density at radius 3 is 1.91 bits per heavy atom. The molecule has 1 aromatic carbocycles. The lowest BCUT2D eigenvalue weighted by Gasteiger charge is -2.36. The molecule has 4 aromatic heterocycles. The Hall–Kier alpha value is -4.65. The number of benzene rings is 1. The van der Waals surface area contributed by atoms with Crippen LogP contribution in [0, 0.1) is 50.9 Å². The predicted octanol–water partition coefficient (Wildman–Crippen LogP) is 12.6. The van der Waals surface area contributed by atoms with E-state index in [1.807, 2.05) is 0 Å². The van der Waals surface area contributed by atoms with Crippen molar-refractivity contribution in [2.45, 2.75) is 142 Å². The van der Waals surface area contributed by atoms with Crippen LogP contribution in [0.25, 0.3) is 27.8 Å². The summed E-state index contributed by atoms with van der Waals surface area (Å²) in [5, 5.41) is 4.96. The smallest absolute Gasteiger partial charge is 0.161 e. The fraction of sp³-hybridized carbons (Fsp3) is 0.490. The quantitative estimate of drug-likeness (QED) is 0.194. The van der Waals surface area contributed by atoms with Gasteiger partial charge in [-0.25, -0.2) is 9.97 Å². The average molecular weight is 752 g/mol. The van der Waals surface area contributed by atoms with E-state index >= 15 is 0 Å². The average Bonchev–Trinajstić information content (AvgIpc) is 3.57. The van der Waals surface area contributed by atoms with E-state index in [4.69, 9.17) is 15.0 Å². The highest BCUT2D eigenvalue weighted by Crippen LogP contribution is 2.47. The van der Waals surface area contributed by atoms with Crippen LogP contribution in [0.2, 0.25) is 0 Å². The third kappa shape index (κ3) is 7.11. The highest BCUT2D eigenvalue weighted by Gasteiger charge is 2.37. The molecule has 56 heavy (non-hydrogen) atoms. The van der Waals surface area contributed by atoms with E-state index in [2.05, 4.69) is 185 Å². The maximum Gasteiger partial charge on any atom is 0.161 e. The highest BCUT2D eigenvalue weighted by atomic mass is 15.3. The van der Waals surface area contributed by atoms with Crippen molar-refractivity contribution in [1.29, 1.82) is 0 Å². The standard InChI is InChI=1S/C49H65N7/c1-28-22-29(2)41(30(3)23-28)56(42-31(4)54-33(26-46(6,7)8)24-37-35(44(54)52-42)18-20-39(50-37)48(12,13)14)43-32(5)55-34(27-47(9,10)11)25-38-36(45(55)53-43)19-21-40(51-38)49(15,16)17/h18-25,37,50H,26-27H2,1-17H3. The number of fused-ring (bicyclic) bond motifs is 6. The number of pyridine rings is 2. The molecule has 7 nitrogen and oxygen atoms in total. The van der Waals surface area contributed by atoms with Gasteiger partial charge in [0, 0.05) is 44.6 Å². The number of hydrogen-bond donors (Lipinski definition) is 1. The van der Waals surface area contributed by atoms with E-state index in [0.717, 1.165) is 69.6 Å². The summed E-state index contributed by atoms with van der Waals surface area (Å²) in [5.41, 5.74) is 14.9. The molecule has 2 aliphatic heterocycles. The van der Waals surface area contributed by atoms with Crippen molar-refractivity contribution in [3.63, 3.8) is 0 Å². The molecule has 296 valence electrons. The van der Waals surface area contributed by atoms with E-state index in [-0.39, 0.29) is 27.7 Å². The molecule has 0 amide bonds. The SMILES string of the molecule is Cc1cc(C)c(N(c2nc3n(c2C)C(CC(C)(C)C)=CC2NC(C(C)(C)C)=CC=C32)c2nc3c4ccc(C(C)(C)C)nc4cc(CC(C)(C)C)n3c2C)c(C)c1. The van der Waals surface area contributed by atoms with Gasteiger partial charge in [0.05, 0.1) is 28.6 Å². The van der Waals surface area contributed by atoms with Gasteiger partial charge in [0.25, 0.3) is 0 Å². The first-order valence-electron chi connectivity index (χ1n) is 20.5. The maximum absolute atomic E-state index is 5.70. The lowest BCUT2D eigenvalue weighted by Crippen LogP contribution is -2.38. The monoisotopic (exact) mass is 752 g/mol. The van der Waals surface area contributed by atoms with Crippen LogP contribution in [0.4, 0.5) is 17.3 Å². The topological polar surface area (TPSA) is 63.3 Å². The van der Waals surface area contributed by atoms with Crippen LogP contribution >= 0.6 is 0 Å². The van der Waals surface area contributed by atoms with Gasteiger partial charge in [0.15, 0.2) is 11.6 Å². The fourth-order valence-corrected chi connectivity index (χ4v) is 8.74. The van der Waals surface area contributed by atoms with Crippen LogP contribution in [0.15, 0.2) is 54.3 Å². The number of nitrogens with zero attached hydrogens (tertiary/aromatic N) is 6. The molecular weight excluding hydrogens is 687 g/mol. The molecule has 0 bridgehead atoms. The fourth-order valence-electron chi connectivity index (χ4n) is 8.74. The zero-order valence-electron chi connectivity index (χ0n) is 37.3. The number of hydrogen-bond acceptors (Lipinski definition) is 5. The summed E-state index contributed by atoms with van der Waals surface area (Å²) in [7, 11) is 0. The molecule has 2 aliphatic rings. The first-order valence-corrected chi connectivity index (χ1v) is 20.5. The minimum Gasteiger partial charge on any atom is -0.377 e. The molecule has 6 heterocycles. The van der Waals surface area contributed by atoms with Crippen LogP contribution in [0.3, 0.4) is 0 Å². The van der Waals surface area contributed by atoms with Gasteiger partial charge in [-0.2, -0.15) is 0 Å². The zero-order chi connectivity index (χ0) is 41.0. The molecule has 0 aliphatic carbocycles. The van der Waals surface area contributed by atoms with Crippen molar-refractivity contribution in [2.24, 2.45) is 16.2 Å². The number of nitrogens with one attached hydrogen (secondary N) is 1. The Labute approximate surface area is 336 Å². The third-order valence-electron chi connectivity index (χ3n) is 11.2. The van der Waals surface area contributed by atoms with Crippen molar-refractivity contribution < 1.29 is 0 Å². The third-order valence-corrected chi connectivity index (χ3v) is 11.2. The number of rotatable bonds is 5. The number of allylic oxidation sites excluding steroid dienone is 4. The summed E-state index contributed by atoms with van der Waals surface area (Å²) in [6.07, 6.45) is 8.78. The van der Waals surface area contributed by atoms with E-state index < -0.39 is 0 Å². The Balaban J connectivity index is 1.56. The molecule has 5 aromatic rings. The molecule has 1 unspecified atom stereocenters. The molecule has 0 radical (unpaired) electrons. The normalized spacial score (nSPS) is 16.4. The molecule has 7 rings (SSSR count). The van der Waals surface area contributed by atoms with E-state index in [9.17, 15) is 0 Å². The van der Waals surface area contributed by atoms with Gasteiger partial charge in [-0.05, 0) is 99.8 Å². The van der Waals surface area contributed by atoms with Gasteiger partial charge in [0.2, 0.25) is 0 Å². The number of anilines is 3. The van der Waals surface area contributed by atoms with Crippen molar-refractivity contribution in [1.82, 2.24) is 29.2 Å². The summed E-state index contributed by atoms with van der Waals surface area (Å²) in [6.45, 7) is 38.5. The molecule has 1 atom stereocenters. The second-order valence-electron chi connectivity index (χ2n) is 21.2. The van der Waals surface area contributed by atoms with Crippen LogP contribution in [-0.2, 0) is 11.8 Å². The minimum absolute atomic E-state index is 0.00575. The van der Waals surface area contributed by atoms with E-state index in [1.54, 1.807) is 0 Å². The second-order valence-corrected chi connectivity index (χ2v) is 21.2. The molecule has 0 spiro atoms. The summed E-state index contributed by atoms with van der Waals surface area (Å²) < 4.78 is 4.82. The summed E-state index contributed by atoms with van der Waals surface area (Å²) in [6, 6.07) is 11.3. The minimum atomic E-state index is -0.0667. The Kier molecular flexibility index (Phi) is 9.34. The van der Waals surface area contributed by atoms with Gasteiger partial charge in [-0.3, -0.25) is 18.9 Å². The maximum atomic E-state index is 5.70. The van der Waals surface area contributed by atoms with Crippen LogP contribution in [-0.4, -0.2) is 30.0 Å². The van der Waals surface area contributed by atoms with E-state index in [1.165, 1.54) is 39.4 Å². The van der Waals surface area contributed by atoms with Gasteiger partial charge in [-0.15, -0.1) is 0 Å². The zero-order valence-corrected chi connectivity index (χ0v) is 37.3. The lowest BCUT2D eigenvalue weighted by atomic mass is 9.85. The number of imidazole rings is 2. The van der Waals surface area contributed by atoms with Crippen LogP contribution < -0.4 is 10.2 Å². The van der Waals surface area contributed by atoms with Crippen LogP contribution in [0.1, 0.15) is 135 Å². The molecule has 7 heteroatoms. The number of aryl methyl sites for hydroxylation is 4. The van der Waals surface area contributed by atoms with Gasteiger partial charge >= 0.3 is 0 Å². The molecule has 1 N–H and O–H groups in total. The summed E-state index contributed by atoms with van der Waals surface area (Å²) in [5.74, 6) is 2.79.